The number of phenolic OH excluding ortho intramolecular Hbond substituents is 2. The van der Waals surface area contributed by atoms with Gasteiger partial charge in [0.2, 0.25) is 0 Å². The predicted molar refractivity (Wildman–Crippen MR) is 135 cm³/mol. The van der Waals surface area contributed by atoms with Gasteiger partial charge in [-0.2, -0.15) is 18.6 Å². The Bertz CT molecular complexity index is 1700. The molecule has 12 nitrogen and oxygen atoms in total. The Morgan fingerprint density at radius 1 is 0.632 bits per heavy atom. The van der Waals surface area contributed by atoms with Gasteiger partial charge in [-0.15, -0.1) is 10.2 Å². The van der Waals surface area contributed by atoms with Gasteiger partial charge in [-0.1, -0.05) is 18.2 Å². The molecule has 0 saturated carbocycles. The fourth-order valence-electron chi connectivity index (χ4n) is 3.28. The molecule has 0 atom stereocenters. The Labute approximate surface area is 215 Å². The SMILES string of the molecule is O=C(O)c1cc(N=Nc2ccc(-c3ccc(N=Nc4ccc(O)cc4O)c(S(=O)(=O)O)c3)cc2)ccc1O. The zero-order valence-corrected chi connectivity index (χ0v) is 20.0. The van der Waals surface area contributed by atoms with Gasteiger partial charge in [0.15, 0.2) is 0 Å². The second-order valence-electron chi connectivity index (χ2n) is 7.78. The second kappa shape index (κ2) is 10.5. The van der Waals surface area contributed by atoms with Crippen LogP contribution < -0.4 is 0 Å². The minimum atomic E-state index is -4.69. The van der Waals surface area contributed by atoms with E-state index in [1.807, 2.05) is 0 Å². The molecule has 0 heterocycles. The minimum absolute atomic E-state index is 0.0237. The number of hydrogen-bond donors (Lipinski definition) is 5. The van der Waals surface area contributed by atoms with Gasteiger partial charge in [-0.25, -0.2) is 4.79 Å². The first kappa shape index (κ1) is 25.9. The summed E-state index contributed by atoms with van der Waals surface area (Å²) in [6, 6.07) is 17.9. The van der Waals surface area contributed by atoms with Crippen LogP contribution in [-0.4, -0.2) is 39.4 Å². The summed E-state index contributed by atoms with van der Waals surface area (Å²) in [5.74, 6) is -2.26. The van der Waals surface area contributed by atoms with Gasteiger partial charge in [-0.05, 0) is 65.7 Å². The molecule has 0 aliphatic carbocycles. The molecule has 192 valence electrons. The predicted octanol–water partition coefficient (Wildman–Crippen LogP) is 6.25. The third-order valence-electron chi connectivity index (χ3n) is 5.15. The molecule has 4 aromatic rings. The number of rotatable bonds is 7. The summed E-state index contributed by atoms with van der Waals surface area (Å²) >= 11 is 0. The van der Waals surface area contributed by atoms with E-state index in [2.05, 4.69) is 20.5 Å². The number of aromatic carboxylic acids is 1. The molecule has 0 amide bonds. The molecule has 0 spiro atoms. The zero-order chi connectivity index (χ0) is 27.4. The van der Waals surface area contributed by atoms with Crippen LogP contribution in [0.5, 0.6) is 17.2 Å². The van der Waals surface area contributed by atoms with E-state index in [9.17, 15) is 33.1 Å². The molecule has 38 heavy (non-hydrogen) atoms. The summed E-state index contributed by atoms with van der Waals surface area (Å²) in [4.78, 5) is 10.6. The molecule has 0 bridgehead atoms. The number of phenols is 3. The van der Waals surface area contributed by atoms with E-state index in [0.29, 0.717) is 16.8 Å². The fraction of sp³-hybridized carbons (Fsp3) is 0. The quantitative estimate of drug-likeness (QED) is 0.135. The number of carboxylic acid groups (broad SMARTS) is 1. The third kappa shape index (κ3) is 5.98. The van der Waals surface area contributed by atoms with Crippen molar-refractivity contribution >= 4 is 38.8 Å². The van der Waals surface area contributed by atoms with Crippen LogP contribution in [0.15, 0.2) is 104 Å². The fourth-order valence-corrected chi connectivity index (χ4v) is 3.93. The largest absolute Gasteiger partial charge is 0.508 e. The summed E-state index contributed by atoms with van der Waals surface area (Å²) < 4.78 is 33.8. The molecular weight excluding hydrogens is 516 g/mol. The molecule has 0 fully saturated rings. The summed E-state index contributed by atoms with van der Waals surface area (Å²) in [5, 5.41) is 53.5. The number of carbonyl (C=O) groups is 1. The lowest BCUT2D eigenvalue weighted by Gasteiger charge is -2.07. The third-order valence-corrected chi connectivity index (χ3v) is 6.04. The minimum Gasteiger partial charge on any atom is -0.508 e. The number of hydrogen-bond acceptors (Lipinski definition) is 10. The molecule has 13 heteroatoms. The lowest BCUT2D eigenvalue weighted by atomic mass is 10.1. The van der Waals surface area contributed by atoms with Crippen LogP contribution in [0.1, 0.15) is 10.4 Å². The molecule has 0 radical (unpaired) electrons. The van der Waals surface area contributed by atoms with Crippen molar-refractivity contribution in [2.24, 2.45) is 20.5 Å². The number of azo groups is 2. The van der Waals surface area contributed by atoms with Gasteiger partial charge in [-0.3, -0.25) is 4.55 Å². The molecule has 4 rings (SSSR count). The molecule has 0 aromatic heterocycles. The van der Waals surface area contributed by atoms with Crippen LogP contribution in [-0.2, 0) is 10.1 Å². The van der Waals surface area contributed by atoms with Crippen LogP contribution in [0, 0.1) is 0 Å². The van der Waals surface area contributed by atoms with Gasteiger partial charge in [0.05, 0.1) is 11.4 Å². The van der Waals surface area contributed by atoms with Gasteiger partial charge < -0.3 is 20.4 Å². The summed E-state index contributed by atoms with van der Waals surface area (Å²) in [6.07, 6.45) is 0. The smallest absolute Gasteiger partial charge is 0.339 e. The Morgan fingerprint density at radius 2 is 1.24 bits per heavy atom. The first-order chi connectivity index (χ1) is 18.0. The maximum absolute atomic E-state index is 12.0. The van der Waals surface area contributed by atoms with E-state index in [-0.39, 0.29) is 34.1 Å². The van der Waals surface area contributed by atoms with Crippen molar-refractivity contribution in [3.8, 4) is 28.4 Å². The van der Waals surface area contributed by atoms with Crippen LogP contribution >= 0.6 is 0 Å². The van der Waals surface area contributed by atoms with Crippen LogP contribution in [0.2, 0.25) is 0 Å². The van der Waals surface area contributed by atoms with E-state index in [0.717, 1.165) is 6.07 Å². The molecule has 0 saturated heterocycles. The normalized spacial score (nSPS) is 11.8. The first-order valence-electron chi connectivity index (χ1n) is 10.6. The topological polar surface area (TPSA) is 202 Å². The molecule has 0 aliphatic rings. The number of benzene rings is 4. The molecule has 5 N–H and O–H groups in total. The van der Waals surface area contributed by atoms with E-state index >= 15 is 0 Å². The number of aromatic hydroxyl groups is 3. The first-order valence-corrected chi connectivity index (χ1v) is 12.1. The van der Waals surface area contributed by atoms with Crippen molar-refractivity contribution in [3.05, 3.63) is 84.4 Å². The maximum Gasteiger partial charge on any atom is 0.339 e. The summed E-state index contributed by atoms with van der Waals surface area (Å²) in [6.45, 7) is 0. The Kier molecular flexibility index (Phi) is 7.14. The summed E-state index contributed by atoms with van der Waals surface area (Å²) in [7, 11) is -4.69. The van der Waals surface area contributed by atoms with Gasteiger partial charge in [0.25, 0.3) is 10.1 Å². The molecular formula is C25H18N4O8S. The van der Waals surface area contributed by atoms with Crippen molar-refractivity contribution in [3.63, 3.8) is 0 Å². The van der Waals surface area contributed by atoms with Crippen LogP contribution in [0.4, 0.5) is 22.7 Å². The maximum atomic E-state index is 12.0. The summed E-state index contributed by atoms with van der Waals surface area (Å²) in [5.41, 5.74) is 1.12. The van der Waals surface area contributed by atoms with E-state index in [1.54, 1.807) is 30.3 Å². The van der Waals surface area contributed by atoms with Crippen LogP contribution in [0.25, 0.3) is 11.1 Å². The number of nitrogens with zero attached hydrogens (tertiary/aromatic N) is 4. The van der Waals surface area contributed by atoms with Crippen molar-refractivity contribution < 1.29 is 38.2 Å². The second-order valence-corrected chi connectivity index (χ2v) is 9.17. The van der Waals surface area contributed by atoms with E-state index in [1.165, 1.54) is 42.5 Å². The Balaban J connectivity index is 1.60. The van der Waals surface area contributed by atoms with E-state index in [4.69, 9.17) is 5.11 Å². The highest BCUT2D eigenvalue weighted by atomic mass is 32.2. The average molecular weight is 535 g/mol. The van der Waals surface area contributed by atoms with Gasteiger partial charge in [0.1, 0.15) is 39.1 Å². The lowest BCUT2D eigenvalue weighted by Crippen LogP contribution is -1.98. The highest BCUT2D eigenvalue weighted by molar-refractivity contribution is 7.86. The lowest BCUT2D eigenvalue weighted by molar-refractivity contribution is 0.0693. The van der Waals surface area contributed by atoms with Crippen LogP contribution in [0.3, 0.4) is 0 Å². The van der Waals surface area contributed by atoms with Crippen molar-refractivity contribution in [2.75, 3.05) is 0 Å². The van der Waals surface area contributed by atoms with Crippen molar-refractivity contribution in [1.82, 2.24) is 0 Å². The Morgan fingerprint density at radius 3 is 1.89 bits per heavy atom. The zero-order valence-electron chi connectivity index (χ0n) is 19.2. The molecule has 0 unspecified atom stereocenters. The van der Waals surface area contributed by atoms with E-state index < -0.39 is 26.7 Å². The Hall–Kier alpha value is -5.14. The standard InChI is InChI=1S/C25H18N4O8S/c30-18-7-9-20(23(32)13-18)28-29-21-8-3-15(11-24(21)38(35,36)37)14-1-4-16(5-2-14)26-27-17-6-10-22(31)19(12-17)25(33)34/h1-13,30-32H,(H,33,34)(H,35,36,37). The van der Waals surface area contributed by atoms with Crippen molar-refractivity contribution in [1.29, 1.82) is 0 Å². The molecule has 0 aliphatic heterocycles. The van der Waals surface area contributed by atoms with Crippen molar-refractivity contribution in [2.45, 2.75) is 4.90 Å². The van der Waals surface area contributed by atoms with Gasteiger partial charge in [0, 0.05) is 6.07 Å². The highest BCUT2D eigenvalue weighted by Gasteiger charge is 2.17. The highest BCUT2D eigenvalue weighted by Crippen LogP contribution is 2.35. The average Bonchev–Trinajstić information content (AvgIpc) is 2.87. The van der Waals surface area contributed by atoms with Gasteiger partial charge >= 0.3 is 5.97 Å². The monoisotopic (exact) mass is 534 g/mol. The number of carboxylic acids is 1. The molecule has 4 aromatic carbocycles.